The van der Waals surface area contributed by atoms with E-state index in [1.165, 1.54) is 0 Å². The summed E-state index contributed by atoms with van der Waals surface area (Å²) in [6.07, 6.45) is 3.50. The molecule has 0 N–H and O–H groups in total. The summed E-state index contributed by atoms with van der Waals surface area (Å²) in [5.41, 5.74) is 2.88. The fourth-order valence-corrected chi connectivity index (χ4v) is 2.08. The second-order valence-corrected chi connectivity index (χ2v) is 4.11. The van der Waals surface area contributed by atoms with Crippen molar-refractivity contribution in [1.82, 2.24) is 9.97 Å². The Labute approximate surface area is 104 Å². The van der Waals surface area contributed by atoms with E-state index in [2.05, 4.69) is 16.0 Å². The zero-order valence-corrected chi connectivity index (χ0v) is 9.72. The first-order valence-corrected chi connectivity index (χ1v) is 5.68. The number of benzene rings is 1. The Morgan fingerprint density at radius 1 is 0.941 bits per heavy atom. The molecule has 2 heterocycles. The van der Waals surface area contributed by atoms with Crippen molar-refractivity contribution < 1.29 is 0 Å². The lowest BCUT2D eigenvalue weighted by Crippen LogP contribution is -1.86. The number of rotatable bonds is 1. The van der Waals surface area contributed by atoms with Crippen molar-refractivity contribution in [2.45, 2.75) is 0 Å². The quantitative estimate of drug-likeness (QED) is 0.602. The van der Waals surface area contributed by atoms with Gasteiger partial charge in [-0.3, -0.25) is 4.98 Å². The summed E-state index contributed by atoms with van der Waals surface area (Å²) in [6.45, 7) is 0. The fourth-order valence-electron chi connectivity index (χ4n) is 1.83. The van der Waals surface area contributed by atoms with Crippen molar-refractivity contribution in [3.8, 4) is 11.1 Å². The van der Waals surface area contributed by atoms with Crippen LogP contribution in [0.4, 0.5) is 0 Å². The monoisotopic (exact) mass is 240 g/mol. The highest BCUT2D eigenvalue weighted by molar-refractivity contribution is 6.32. The molecule has 0 aliphatic heterocycles. The maximum Gasteiger partial charge on any atom is 0.137 e. The molecule has 0 spiro atoms. The first-order valence-electron chi connectivity index (χ1n) is 5.30. The van der Waals surface area contributed by atoms with E-state index >= 15 is 0 Å². The minimum absolute atomic E-state index is 0.523. The maximum absolute atomic E-state index is 6.21. The van der Waals surface area contributed by atoms with Crippen molar-refractivity contribution >= 4 is 22.5 Å². The van der Waals surface area contributed by atoms with Crippen LogP contribution >= 0.6 is 11.6 Å². The molecule has 0 saturated heterocycles. The molecule has 0 aliphatic carbocycles. The Kier molecular flexibility index (Phi) is 2.50. The van der Waals surface area contributed by atoms with Gasteiger partial charge in [-0.1, -0.05) is 29.8 Å². The second kappa shape index (κ2) is 4.15. The number of hydrogen-bond donors (Lipinski definition) is 0. The Morgan fingerprint density at radius 2 is 1.71 bits per heavy atom. The largest absolute Gasteiger partial charge is 0.265 e. The topological polar surface area (TPSA) is 25.8 Å². The van der Waals surface area contributed by atoms with Crippen molar-refractivity contribution in [2.75, 3.05) is 0 Å². The van der Waals surface area contributed by atoms with E-state index in [1.54, 1.807) is 12.4 Å². The molecule has 0 amide bonds. The van der Waals surface area contributed by atoms with Gasteiger partial charge in [-0.15, -0.1) is 0 Å². The van der Waals surface area contributed by atoms with Gasteiger partial charge in [0.25, 0.3) is 0 Å². The van der Waals surface area contributed by atoms with E-state index in [0.29, 0.717) is 5.15 Å². The van der Waals surface area contributed by atoms with E-state index < -0.39 is 0 Å². The Balaban J connectivity index is 2.27. The van der Waals surface area contributed by atoms with Crippen molar-refractivity contribution in [3.05, 3.63) is 60.0 Å². The van der Waals surface area contributed by atoms with E-state index in [-0.39, 0.29) is 0 Å². The van der Waals surface area contributed by atoms with Crippen molar-refractivity contribution in [2.24, 2.45) is 0 Å². The van der Waals surface area contributed by atoms with E-state index in [4.69, 9.17) is 11.6 Å². The van der Waals surface area contributed by atoms with Gasteiger partial charge in [-0.2, -0.15) is 0 Å². The molecule has 0 bridgehead atoms. The van der Waals surface area contributed by atoms with Crippen LogP contribution in [-0.4, -0.2) is 9.97 Å². The van der Waals surface area contributed by atoms with Gasteiger partial charge in [0.1, 0.15) is 5.15 Å². The highest BCUT2D eigenvalue weighted by Crippen LogP contribution is 2.29. The number of halogens is 1. The minimum atomic E-state index is 0.523. The average molecular weight is 241 g/mol. The number of pyridine rings is 2. The zero-order chi connectivity index (χ0) is 11.7. The molecule has 0 atom stereocenters. The number of nitrogens with zero attached hydrogens (tertiary/aromatic N) is 2. The predicted molar refractivity (Wildman–Crippen MR) is 70.0 cm³/mol. The lowest BCUT2D eigenvalue weighted by molar-refractivity contribution is 1.32. The molecule has 0 radical (unpaired) electrons. The van der Waals surface area contributed by atoms with Gasteiger partial charge in [-0.05, 0) is 29.8 Å². The predicted octanol–water partition coefficient (Wildman–Crippen LogP) is 3.95. The summed E-state index contributed by atoms with van der Waals surface area (Å²) in [7, 11) is 0. The molecule has 17 heavy (non-hydrogen) atoms. The average Bonchev–Trinajstić information content (AvgIpc) is 2.39. The Hall–Kier alpha value is -1.93. The van der Waals surface area contributed by atoms with Crippen LogP contribution in [0.25, 0.3) is 22.0 Å². The maximum atomic E-state index is 6.21. The Morgan fingerprint density at radius 3 is 2.53 bits per heavy atom. The van der Waals surface area contributed by atoms with Crippen molar-refractivity contribution in [1.29, 1.82) is 0 Å². The molecule has 3 aromatic rings. The molecule has 1 aromatic carbocycles. The van der Waals surface area contributed by atoms with Crippen LogP contribution in [0.3, 0.4) is 0 Å². The third-order valence-electron chi connectivity index (χ3n) is 2.67. The molecule has 82 valence electrons. The third kappa shape index (κ3) is 1.87. The summed E-state index contributed by atoms with van der Waals surface area (Å²) in [5, 5.41) is 1.61. The number of fused-ring (bicyclic) bond motifs is 1. The van der Waals surface area contributed by atoms with E-state index in [1.807, 2.05) is 36.4 Å². The lowest BCUT2D eigenvalue weighted by Gasteiger charge is -2.05. The molecule has 0 unspecified atom stereocenters. The van der Waals surface area contributed by atoms with Crippen LogP contribution < -0.4 is 0 Å². The van der Waals surface area contributed by atoms with Crippen LogP contribution in [0.1, 0.15) is 0 Å². The van der Waals surface area contributed by atoms with Gasteiger partial charge in [0.2, 0.25) is 0 Å². The lowest BCUT2D eigenvalue weighted by atomic mass is 10.1. The molecular weight excluding hydrogens is 232 g/mol. The molecule has 2 nitrogen and oxygen atoms in total. The molecule has 0 aliphatic rings. The van der Waals surface area contributed by atoms with Crippen LogP contribution in [0.5, 0.6) is 0 Å². The smallest absolute Gasteiger partial charge is 0.137 e. The SMILES string of the molecule is Clc1nc2ccccc2cc1-c1ccncc1. The number of aromatic nitrogens is 2. The standard InChI is InChI=1S/C14H9ClN2/c15-14-12(10-5-7-16-8-6-10)9-11-3-1-2-4-13(11)17-14/h1-9H. The number of para-hydroxylation sites is 1. The van der Waals surface area contributed by atoms with Gasteiger partial charge in [0.15, 0.2) is 0 Å². The van der Waals surface area contributed by atoms with Gasteiger partial charge >= 0.3 is 0 Å². The molecule has 3 heteroatoms. The van der Waals surface area contributed by atoms with Crippen LogP contribution in [0.15, 0.2) is 54.9 Å². The van der Waals surface area contributed by atoms with Gasteiger partial charge in [0.05, 0.1) is 5.52 Å². The van der Waals surface area contributed by atoms with Crippen LogP contribution in [0, 0.1) is 0 Å². The first kappa shape index (κ1) is 10.2. The first-order chi connectivity index (χ1) is 8.34. The molecule has 3 rings (SSSR count). The molecule has 2 aromatic heterocycles. The van der Waals surface area contributed by atoms with E-state index in [9.17, 15) is 0 Å². The van der Waals surface area contributed by atoms with Crippen LogP contribution in [0.2, 0.25) is 5.15 Å². The summed E-state index contributed by atoms with van der Waals surface area (Å²) in [6, 6.07) is 13.8. The summed E-state index contributed by atoms with van der Waals surface area (Å²) in [4.78, 5) is 8.40. The van der Waals surface area contributed by atoms with Gasteiger partial charge in [-0.25, -0.2) is 4.98 Å². The third-order valence-corrected chi connectivity index (χ3v) is 2.96. The summed E-state index contributed by atoms with van der Waals surface area (Å²) in [5.74, 6) is 0. The van der Waals surface area contributed by atoms with Gasteiger partial charge in [0, 0.05) is 23.3 Å². The highest BCUT2D eigenvalue weighted by atomic mass is 35.5. The summed E-state index contributed by atoms with van der Waals surface area (Å²) >= 11 is 6.21. The fraction of sp³-hybridized carbons (Fsp3) is 0. The Bertz CT molecular complexity index is 665. The van der Waals surface area contributed by atoms with Crippen molar-refractivity contribution in [3.63, 3.8) is 0 Å². The normalized spacial score (nSPS) is 10.6. The zero-order valence-electron chi connectivity index (χ0n) is 8.97. The second-order valence-electron chi connectivity index (χ2n) is 3.76. The van der Waals surface area contributed by atoms with Gasteiger partial charge < -0.3 is 0 Å². The molecule has 0 saturated carbocycles. The molecular formula is C14H9ClN2. The summed E-state index contributed by atoms with van der Waals surface area (Å²) < 4.78 is 0. The van der Waals surface area contributed by atoms with Crippen LogP contribution in [-0.2, 0) is 0 Å². The number of hydrogen-bond acceptors (Lipinski definition) is 2. The van der Waals surface area contributed by atoms with E-state index in [0.717, 1.165) is 22.0 Å². The highest BCUT2D eigenvalue weighted by Gasteiger charge is 2.06. The minimum Gasteiger partial charge on any atom is -0.265 e. The molecule has 0 fully saturated rings.